The van der Waals surface area contributed by atoms with E-state index in [-0.39, 0.29) is 18.0 Å². The van der Waals surface area contributed by atoms with E-state index in [1.54, 1.807) is 17.0 Å². The van der Waals surface area contributed by atoms with Crippen molar-refractivity contribution in [3.8, 4) is 6.01 Å². The summed E-state index contributed by atoms with van der Waals surface area (Å²) in [6.45, 7) is 7.11. The van der Waals surface area contributed by atoms with Gasteiger partial charge >= 0.3 is 6.09 Å². The second kappa shape index (κ2) is 7.97. The number of halogens is 1. The molecule has 7 heteroatoms. The summed E-state index contributed by atoms with van der Waals surface area (Å²) in [5, 5.41) is 0. The molecule has 158 valence electrons. The van der Waals surface area contributed by atoms with Gasteiger partial charge in [-0.1, -0.05) is 24.3 Å². The van der Waals surface area contributed by atoms with E-state index in [1.807, 2.05) is 49.6 Å². The number of nitrogens with zero attached hydrogens (tertiary/aromatic N) is 3. The Morgan fingerprint density at radius 3 is 2.63 bits per heavy atom. The SMILES string of the molecule is CC(C)(C)OC(=O)N1CCC(Oc2nc3ccccc3n2Cc2ccc(F)cc2)C1. The van der Waals surface area contributed by atoms with Crippen molar-refractivity contribution in [1.82, 2.24) is 14.5 Å². The van der Waals surface area contributed by atoms with E-state index in [0.29, 0.717) is 32.1 Å². The monoisotopic (exact) mass is 411 g/mol. The van der Waals surface area contributed by atoms with Gasteiger partial charge in [-0.15, -0.1) is 0 Å². The van der Waals surface area contributed by atoms with Gasteiger partial charge in [0.05, 0.1) is 24.1 Å². The third-order valence-corrected chi connectivity index (χ3v) is 4.94. The quantitative estimate of drug-likeness (QED) is 0.629. The number of benzene rings is 2. The highest BCUT2D eigenvalue weighted by molar-refractivity contribution is 5.76. The number of imidazole rings is 1. The summed E-state index contributed by atoms with van der Waals surface area (Å²) >= 11 is 0. The van der Waals surface area contributed by atoms with Crippen LogP contribution in [0.2, 0.25) is 0 Å². The van der Waals surface area contributed by atoms with Crippen LogP contribution in [0.5, 0.6) is 6.01 Å². The highest BCUT2D eigenvalue weighted by atomic mass is 19.1. The molecule has 0 spiro atoms. The zero-order valence-corrected chi connectivity index (χ0v) is 17.5. The van der Waals surface area contributed by atoms with Gasteiger partial charge in [0.2, 0.25) is 0 Å². The smallest absolute Gasteiger partial charge is 0.410 e. The lowest BCUT2D eigenvalue weighted by Crippen LogP contribution is -2.36. The number of likely N-dealkylation sites (tertiary alicyclic amines) is 1. The first-order valence-electron chi connectivity index (χ1n) is 10.1. The molecule has 1 unspecified atom stereocenters. The number of fused-ring (bicyclic) bond motifs is 1. The summed E-state index contributed by atoms with van der Waals surface area (Å²) < 4.78 is 27.0. The lowest BCUT2D eigenvalue weighted by molar-refractivity contribution is 0.0273. The van der Waals surface area contributed by atoms with Gasteiger partial charge in [0, 0.05) is 13.0 Å². The van der Waals surface area contributed by atoms with Crippen molar-refractivity contribution >= 4 is 17.1 Å². The van der Waals surface area contributed by atoms with Crippen molar-refractivity contribution in [2.24, 2.45) is 0 Å². The van der Waals surface area contributed by atoms with Gasteiger partial charge in [-0.05, 0) is 50.6 Å². The molecular weight excluding hydrogens is 385 g/mol. The number of carbonyl (C=O) groups excluding carboxylic acids is 1. The van der Waals surface area contributed by atoms with Crippen LogP contribution in [0.15, 0.2) is 48.5 Å². The van der Waals surface area contributed by atoms with Crippen LogP contribution in [-0.2, 0) is 11.3 Å². The lowest BCUT2D eigenvalue weighted by atomic mass is 10.2. The van der Waals surface area contributed by atoms with Crippen molar-refractivity contribution in [2.45, 2.75) is 45.4 Å². The van der Waals surface area contributed by atoms with Gasteiger partial charge in [0.15, 0.2) is 0 Å². The van der Waals surface area contributed by atoms with E-state index in [2.05, 4.69) is 4.98 Å². The van der Waals surface area contributed by atoms with Crippen LogP contribution < -0.4 is 4.74 Å². The summed E-state index contributed by atoms with van der Waals surface area (Å²) in [4.78, 5) is 18.7. The minimum absolute atomic E-state index is 0.165. The molecule has 6 nitrogen and oxygen atoms in total. The number of ether oxygens (including phenoxy) is 2. The molecule has 0 bridgehead atoms. The van der Waals surface area contributed by atoms with E-state index in [4.69, 9.17) is 9.47 Å². The Morgan fingerprint density at radius 1 is 1.17 bits per heavy atom. The minimum Gasteiger partial charge on any atom is -0.459 e. The van der Waals surface area contributed by atoms with Crippen LogP contribution in [0.3, 0.4) is 0 Å². The molecule has 0 aliphatic carbocycles. The van der Waals surface area contributed by atoms with Crippen LogP contribution in [0, 0.1) is 5.82 Å². The Kier molecular flexibility index (Phi) is 5.37. The average molecular weight is 411 g/mol. The first kappa shape index (κ1) is 20.2. The number of carbonyl (C=O) groups is 1. The molecule has 1 aliphatic rings. The first-order valence-corrected chi connectivity index (χ1v) is 10.1. The van der Waals surface area contributed by atoms with Crippen molar-refractivity contribution in [3.63, 3.8) is 0 Å². The largest absolute Gasteiger partial charge is 0.459 e. The summed E-state index contributed by atoms with van der Waals surface area (Å²) in [6.07, 6.45) is 0.216. The second-order valence-corrected chi connectivity index (χ2v) is 8.55. The van der Waals surface area contributed by atoms with Gasteiger partial charge in [-0.25, -0.2) is 9.18 Å². The summed E-state index contributed by atoms with van der Waals surface area (Å²) in [5.74, 6) is -0.265. The second-order valence-electron chi connectivity index (χ2n) is 8.55. The number of amides is 1. The maximum absolute atomic E-state index is 13.3. The van der Waals surface area contributed by atoms with Gasteiger partial charge in [-0.3, -0.25) is 4.57 Å². The minimum atomic E-state index is -0.529. The Balaban J connectivity index is 1.53. The number of para-hydroxylation sites is 2. The molecule has 2 aromatic carbocycles. The Morgan fingerprint density at radius 2 is 1.90 bits per heavy atom. The maximum Gasteiger partial charge on any atom is 0.410 e. The molecule has 0 N–H and O–H groups in total. The van der Waals surface area contributed by atoms with Gasteiger partial charge in [0.25, 0.3) is 6.01 Å². The van der Waals surface area contributed by atoms with Gasteiger partial charge in [0.1, 0.15) is 17.5 Å². The van der Waals surface area contributed by atoms with E-state index in [9.17, 15) is 9.18 Å². The molecule has 1 atom stereocenters. The topological polar surface area (TPSA) is 56.6 Å². The Bertz CT molecular complexity index is 1040. The molecule has 1 amide bonds. The molecule has 4 rings (SSSR count). The van der Waals surface area contributed by atoms with Gasteiger partial charge < -0.3 is 14.4 Å². The van der Waals surface area contributed by atoms with Crippen molar-refractivity contribution in [2.75, 3.05) is 13.1 Å². The number of rotatable bonds is 4. The standard InChI is InChI=1S/C23H26FN3O3/c1-23(2,3)30-22(28)26-13-12-18(15-26)29-21-25-19-6-4-5-7-20(19)27(21)14-16-8-10-17(24)11-9-16/h4-11,18H,12-15H2,1-3H3. The van der Waals surface area contributed by atoms with Crippen molar-refractivity contribution in [3.05, 3.63) is 59.9 Å². The molecule has 1 aromatic heterocycles. The van der Waals surface area contributed by atoms with Crippen molar-refractivity contribution < 1.29 is 18.7 Å². The summed E-state index contributed by atoms with van der Waals surface area (Å²) in [7, 11) is 0. The fourth-order valence-corrected chi connectivity index (χ4v) is 3.53. The molecule has 3 aromatic rings. The highest BCUT2D eigenvalue weighted by Gasteiger charge is 2.32. The first-order chi connectivity index (χ1) is 14.3. The third-order valence-electron chi connectivity index (χ3n) is 4.94. The lowest BCUT2D eigenvalue weighted by Gasteiger charge is -2.24. The molecule has 30 heavy (non-hydrogen) atoms. The molecule has 0 saturated carbocycles. The molecule has 1 fully saturated rings. The normalized spacial score (nSPS) is 16.8. The Labute approximate surface area is 175 Å². The number of hydrogen-bond acceptors (Lipinski definition) is 4. The highest BCUT2D eigenvalue weighted by Crippen LogP contribution is 2.26. The van der Waals surface area contributed by atoms with Crippen LogP contribution in [0.1, 0.15) is 32.8 Å². The predicted molar refractivity (Wildman–Crippen MR) is 112 cm³/mol. The predicted octanol–water partition coefficient (Wildman–Crippen LogP) is 4.61. The van der Waals surface area contributed by atoms with E-state index < -0.39 is 5.60 Å². The number of hydrogen-bond donors (Lipinski definition) is 0. The molecule has 0 radical (unpaired) electrons. The maximum atomic E-state index is 13.3. The Hall–Kier alpha value is -3.09. The van der Waals surface area contributed by atoms with Crippen molar-refractivity contribution in [1.29, 1.82) is 0 Å². The fourth-order valence-electron chi connectivity index (χ4n) is 3.53. The van der Waals surface area contributed by atoms with E-state index in [0.717, 1.165) is 16.6 Å². The average Bonchev–Trinajstić information content (AvgIpc) is 3.28. The molecule has 1 aliphatic heterocycles. The zero-order valence-electron chi connectivity index (χ0n) is 17.5. The summed E-state index contributed by atoms with van der Waals surface area (Å²) in [6, 6.07) is 14.7. The van der Waals surface area contributed by atoms with Gasteiger partial charge in [-0.2, -0.15) is 4.98 Å². The fraction of sp³-hybridized carbons (Fsp3) is 0.391. The number of aromatic nitrogens is 2. The van der Waals surface area contributed by atoms with Crippen LogP contribution in [0.25, 0.3) is 11.0 Å². The molecule has 2 heterocycles. The van der Waals surface area contributed by atoms with Crippen LogP contribution in [-0.4, -0.2) is 45.3 Å². The molecule has 1 saturated heterocycles. The molecular formula is C23H26FN3O3. The zero-order chi connectivity index (χ0) is 21.3. The van der Waals surface area contributed by atoms with E-state index >= 15 is 0 Å². The van der Waals surface area contributed by atoms with E-state index in [1.165, 1.54) is 12.1 Å². The van der Waals surface area contributed by atoms with Crippen LogP contribution >= 0.6 is 0 Å². The summed E-state index contributed by atoms with van der Waals surface area (Å²) in [5.41, 5.74) is 2.20. The third kappa shape index (κ3) is 4.56. The van der Waals surface area contributed by atoms with Crippen LogP contribution in [0.4, 0.5) is 9.18 Å².